The predicted octanol–water partition coefficient (Wildman–Crippen LogP) is 1.97. The first-order chi connectivity index (χ1) is 10.2. The van der Waals surface area contributed by atoms with Crippen LogP contribution >= 0.6 is 0 Å². The highest BCUT2D eigenvalue weighted by atomic mass is 16.4. The molecule has 1 aliphatic rings. The van der Waals surface area contributed by atoms with E-state index in [1.807, 2.05) is 24.3 Å². The van der Waals surface area contributed by atoms with Crippen molar-refractivity contribution in [2.75, 3.05) is 4.90 Å². The third kappa shape index (κ3) is 2.32. The number of pyridine rings is 1. The summed E-state index contributed by atoms with van der Waals surface area (Å²) in [4.78, 5) is 17.5. The number of fused-ring (bicyclic) bond motifs is 1. The number of hydrogen-bond donors (Lipinski definition) is 1. The highest BCUT2D eigenvalue weighted by Gasteiger charge is 2.33. The summed E-state index contributed by atoms with van der Waals surface area (Å²) < 4.78 is 0. The van der Waals surface area contributed by atoms with Crippen LogP contribution in [0.1, 0.15) is 16.7 Å². The molecule has 2 aromatic rings. The maximum absolute atomic E-state index is 11.6. The van der Waals surface area contributed by atoms with Crippen molar-refractivity contribution in [1.82, 2.24) is 4.98 Å². The van der Waals surface area contributed by atoms with Crippen LogP contribution in [0.4, 0.5) is 5.82 Å². The lowest BCUT2D eigenvalue weighted by Crippen LogP contribution is -2.46. The van der Waals surface area contributed by atoms with Gasteiger partial charge in [0.2, 0.25) is 0 Å². The molecular formula is C16H13N3O2. The Balaban J connectivity index is 2.08. The summed E-state index contributed by atoms with van der Waals surface area (Å²) in [5.41, 5.74) is 2.50. The molecule has 0 radical (unpaired) electrons. The van der Waals surface area contributed by atoms with Crippen LogP contribution in [-0.2, 0) is 17.8 Å². The number of anilines is 1. The van der Waals surface area contributed by atoms with Crippen molar-refractivity contribution in [1.29, 1.82) is 5.26 Å². The Morgan fingerprint density at radius 3 is 2.76 bits per heavy atom. The molecule has 104 valence electrons. The molecule has 0 spiro atoms. The number of carboxylic acid groups (broad SMARTS) is 1. The van der Waals surface area contributed by atoms with Gasteiger partial charge in [-0.15, -0.1) is 0 Å². The van der Waals surface area contributed by atoms with Crippen LogP contribution in [-0.4, -0.2) is 22.1 Å². The Morgan fingerprint density at radius 2 is 2.05 bits per heavy atom. The molecule has 5 nitrogen and oxygen atoms in total. The molecule has 1 unspecified atom stereocenters. The zero-order valence-corrected chi connectivity index (χ0v) is 11.2. The lowest BCUT2D eigenvalue weighted by atomic mass is 9.93. The van der Waals surface area contributed by atoms with Gasteiger partial charge in [-0.2, -0.15) is 5.26 Å². The maximum atomic E-state index is 11.6. The molecule has 1 aromatic carbocycles. The van der Waals surface area contributed by atoms with Crippen LogP contribution in [0.15, 0.2) is 42.6 Å². The van der Waals surface area contributed by atoms with E-state index in [9.17, 15) is 15.2 Å². The van der Waals surface area contributed by atoms with Crippen LogP contribution in [0.25, 0.3) is 0 Å². The normalized spacial score (nSPS) is 16.9. The van der Waals surface area contributed by atoms with E-state index in [4.69, 9.17) is 0 Å². The van der Waals surface area contributed by atoms with E-state index < -0.39 is 12.0 Å². The molecule has 3 rings (SSSR count). The lowest BCUT2D eigenvalue weighted by Gasteiger charge is -2.35. The van der Waals surface area contributed by atoms with Crippen molar-refractivity contribution in [2.24, 2.45) is 0 Å². The van der Waals surface area contributed by atoms with Gasteiger partial charge in [0.15, 0.2) is 0 Å². The van der Waals surface area contributed by atoms with E-state index in [1.54, 1.807) is 23.2 Å². The minimum absolute atomic E-state index is 0.392. The second kappa shape index (κ2) is 5.25. The van der Waals surface area contributed by atoms with E-state index in [0.29, 0.717) is 24.3 Å². The van der Waals surface area contributed by atoms with E-state index in [0.717, 1.165) is 11.1 Å². The van der Waals surface area contributed by atoms with Gasteiger partial charge in [0.1, 0.15) is 17.9 Å². The molecule has 21 heavy (non-hydrogen) atoms. The van der Waals surface area contributed by atoms with Crippen LogP contribution in [0.2, 0.25) is 0 Å². The molecule has 1 aliphatic heterocycles. The molecule has 0 amide bonds. The van der Waals surface area contributed by atoms with Crippen LogP contribution in [0.5, 0.6) is 0 Å². The Labute approximate surface area is 122 Å². The van der Waals surface area contributed by atoms with E-state index in [1.165, 1.54) is 0 Å². The van der Waals surface area contributed by atoms with Gasteiger partial charge < -0.3 is 10.0 Å². The Hall–Kier alpha value is -2.87. The summed E-state index contributed by atoms with van der Waals surface area (Å²) in [7, 11) is 0. The highest BCUT2D eigenvalue weighted by Crippen LogP contribution is 2.29. The zero-order valence-electron chi connectivity index (χ0n) is 11.2. The first-order valence-electron chi connectivity index (χ1n) is 6.62. The van der Waals surface area contributed by atoms with E-state index in [2.05, 4.69) is 11.1 Å². The Morgan fingerprint density at radius 1 is 1.29 bits per heavy atom. The van der Waals surface area contributed by atoms with Crippen LogP contribution in [0.3, 0.4) is 0 Å². The smallest absolute Gasteiger partial charge is 0.326 e. The Bertz CT molecular complexity index is 736. The number of carboxylic acids is 1. The third-order valence-corrected chi connectivity index (χ3v) is 3.71. The minimum Gasteiger partial charge on any atom is -0.480 e. The fourth-order valence-corrected chi connectivity index (χ4v) is 2.68. The molecule has 1 N–H and O–H groups in total. The number of nitriles is 1. The molecule has 1 atom stereocenters. The standard InChI is InChI=1S/C16H13N3O2/c17-9-12-6-3-7-18-15(12)19-10-13-5-2-1-4-11(13)8-14(19)16(20)21/h1-7,14H,8,10H2,(H,20,21). The van der Waals surface area contributed by atoms with Gasteiger partial charge in [0, 0.05) is 19.2 Å². The SMILES string of the molecule is N#Cc1cccnc1N1Cc2ccccc2CC1C(=O)O. The van der Waals surface area contributed by atoms with Crippen molar-refractivity contribution in [3.8, 4) is 6.07 Å². The number of aromatic nitrogens is 1. The van der Waals surface area contributed by atoms with Gasteiger partial charge >= 0.3 is 5.97 Å². The lowest BCUT2D eigenvalue weighted by molar-refractivity contribution is -0.138. The van der Waals surface area contributed by atoms with Crippen LogP contribution < -0.4 is 4.90 Å². The van der Waals surface area contributed by atoms with Crippen molar-refractivity contribution < 1.29 is 9.90 Å². The largest absolute Gasteiger partial charge is 0.480 e. The fraction of sp³-hybridized carbons (Fsp3) is 0.188. The molecule has 0 fully saturated rings. The number of rotatable bonds is 2. The predicted molar refractivity (Wildman–Crippen MR) is 76.7 cm³/mol. The first kappa shape index (κ1) is 13.1. The van der Waals surface area contributed by atoms with Gasteiger partial charge in [-0.1, -0.05) is 24.3 Å². The van der Waals surface area contributed by atoms with Gasteiger partial charge in [0.25, 0.3) is 0 Å². The summed E-state index contributed by atoms with van der Waals surface area (Å²) in [6.07, 6.45) is 1.99. The van der Waals surface area contributed by atoms with Crippen molar-refractivity contribution in [2.45, 2.75) is 19.0 Å². The van der Waals surface area contributed by atoms with Crippen LogP contribution in [0, 0.1) is 11.3 Å². The monoisotopic (exact) mass is 279 g/mol. The quantitative estimate of drug-likeness (QED) is 0.909. The van der Waals surface area contributed by atoms with E-state index >= 15 is 0 Å². The molecule has 5 heteroatoms. The number of nitrogens with zero attached hydrogens (tertiary/aromatic N) is 3. The van der Waals surface area contributed by atoms with Gasteiger partial charge in [0.05, 0.1) is 5.56 Å². The van der Waals surface area contributed by atoms with E-state index in [-0.39, 0.29) is 0 Å². The van der Waals surface area contributed by atoms with Gasteiger partial charge in [-0.3, -0.25) is 0 Å². The molecule has 0 saturated heterocycles. The average Bonchev–Trinajstić information content (AvgIpc) is 2.53. The summed E-state index contributed by atoms with van der Waals surface area (Å²) in [6, 6.07) is 12.5. The molecule has 2 heterocycles. The van der Waals surface area contributed by atoms with Gasteiger partial charge in [-0.05, 0) is 23.3 Å². The molecule has 1 aromatic heterocycles. The Kier molecular flexibility index (Phi) is 3.28. The second-order valence-electron chi connectivity index (χ2n) is 4.94. The first-order valence-corrected chi connectivity index (χ1v) is 6.62. The number of hydrogen-bond acceptors (Lipinski definition) is 4. The summed E-state index contributed by atoms with van der Waals surface area (Å²) in [5.74, 6) is -0.471. The maximum Gasteiger partial charge on any atom is 0.326 e. The molecule has 0 saturated carbocycles. The summed E-state index contributed by atoms with van der Waals surface area (Å²) in [6.45, 7) is 0.443. The minimum atomic E-state index is -0.904. The fourth-order valence-electron chi connectivity index (χ4n) is 2.68. The zero-order chi connectivity index (χ0) is 14.8. The summed E-state index contributed by atoms with van der Waals surface area (Å²) in [5, 5.41) is 18.7. The highest BCUT2D eigenvalue weighted by molar-refractivity contribution is 5.80. The molecule has 0 aliphatic carbocycles. The number of aliphatic carboxylic acids is 1. The molecular weight excluding hydrogens is 266 g/mol. The third-order valence-electron chi connectivity index (χ3n) is 3.71. The second-order valence-corrected chi connectivity index (χ2v) is 4.94. The van der Waals surface area contributed by atoms with Crippen molar-refractivity contribution >= 4 is 11.8 Å². The number of carbonyl (C=O) groups is 1. The van der Waals surface area contributed by atoms with Crippen molar-refractivity contribution in [3.63, 3.8) is 0 Å². The number of benzene rings is 1. The van der Waals surface area contributed by atoms with Gasteiger partial charge in [-0.25, -0.2) is 9.78 Å². The topological polar surface area (TPSA) is 77.2 Å². The van der Waals surface area contributed by atoms with Crippen molar-refractivity contribution in [3.05, 3.63) is 59.3 Å². The average molecular weight is 279 g/mol. The molecule has 0 bridgehead atoms. The summed E-state index contributed by atoms with van der Waals surface area (Å²) >= 11 is 0.